The van der Waals surface area contributed by atoms with E-state index in [1.807, 2.05) is 32.9 Å². The molecule has 0 heterocycles. The summed E-state index contributed by atoms with van der Waals surface area (Å²) in [6.45, 7) is 10.6. The first-order valence-electron chi connectivity index (χ1n) is 9.46. The largest absolute Gasteiger partial charge is 0.461 e. The standard InChI is InChI=1S/C21H31ClO4/c1-6-21(7-2)16(18(23)20(4,5)26-8-3)17(21)19(24)25-13-14-9-11-15(22)12-10-14/h9-12,16-18,23H,6-8,13H2,1-5H3. The van der Waals surface area contributed by atoms with E-state index in [9.17, 15) is 9.90 Å². The van der Waals surface area contributed by atoms with Crippen LogP contribution in [0.15, 0.2) is 24.3 Å². The Kier molecular flexibility index (Phi) is 6.75. The molecule has 0 aromatic heterocycles. The first-order valence-corrected chi connectivity index (χ1v) is 9.84. The smallest absolute Gasteiger partial charge is 0.310 e. The van der Waals surface area contributed by atoms with Gasteiger partial charge in [-0.15, -0.1) is 0 Å². The van der Waals surface area contributed by atoms with Crippen LogP contribution in [-0.4, -0.2) is 29.4 Å². The van der Waals surface area contributed by atoms with Crippen molar-refractivity contribution >= 4 is 17.6 Å². The van der Waals surface area contributed by atoms with Crippen molar-refractivity contribution in [1.29, 1.82) is 0 Å². The first kappa shape index (κ1) is 21.2. The zero-order valence-corrected chi connectivity index (χ0v) is 17.2. The normalized spacial score (nSPS) is 22.7. The van der Waals surface area contributed by atoms with Crippen molar-refractivity contribution in [2.24, 2.45) is 17.3 Å². The number of carbonyl (C=O) groups is 1. The molecule has 3 unspecified atom stereocenters. The molecule has 2 rings (SSSR count). The van der Waals surface area contributed by atoms with Gasteiger partial charge in [0.05, 0.1) is 17.6 Å². The maximum atomic E-state index is 12.8. The minimum Gasteiger partial charge on any atom is -0.461 e. The van der Waals surface area contributed by atoms with Crippen LogP contribution in [0.4, 0.5) is 0 Å². The number of halogens is 1. The third kappa shape index (κ3) is 4.08. The molecule has 1 aliphatic carbocycles. The molecule has 1 aliphatic rings. The van der Waals surface area contributed by atoms with Gasteiger partial charge in [-0.25, -0.2) is 0 Å². The second-order valence-electron chi connectivity index (χ2n) is 7.66. The van der Waals surface area contributed by atoms with Gasteiger partial charge in [-0.3, -0.25) is 4.79 Å². The number of aliphatic hydroxyl groups excluding tert-OH is 1. The highest BCUT2D eigenvalue weighted by molar-refractivity contribution is 6.30. The molecule has 0 bridgehead atoms. The lowest BCUT2D eigenvalue weighted by Crippen LogP contribution is -2.42. The van der Waals surface area contributed by atoms with Crippen molar-refractivity contribution in [2.45, 2.75) is 65.8 Å². The Labute approximate surface area is 161 Å². The van der Waals surface area contributed by atoms with Crippen molar-refractivity contribution in [3.8, 4) is 0 Å². The number of hydrogen-bond donors (Lipinski definition) is 1. The molecule has 0 spiro atoms. The van der Waals surface area contributed by atoms with Gasteiger partial charge < -0.3 is 14.6 Å². The van der Waals surface area contributed by atoms with Crippen molar-refractivity contribution < 1.29 is 19.4 Å². The van der Waals surface area contributed by atoms with E-state index in [0.29, 0.717) is 11.6 Å². The van der Waals surface area contributed by atoms with Crippen molar-refractivity contribution in [2.75, 3.05) is 6.61 Å². The minimum absolute atomic E-state index is 0.142. The average Bonchev–Trinajstić information content (AvgIpc) is 3.29. The molecule has 0 saturated heterocycles. The summed E-state index contributed by atoms with van der Waals surface area (Å²) in [5, 5.41) is 11.6. The Morgan fingerprint density at radius 3 is 2.31 bits per heavy atom. The van der Waals surface area contributed by atoms with Gasteiger partial charge in [0, 0.05) is 17.5 Å². The first-order chi connectivity index (χ1) is 12.2. The summed E-state index contributed by atoms with van der Waals surface area (Å²) in [5.41, 5.74) is -0.0146. The van der Waals surface area contributed by atoms with E-state index in [1.165, 1.54) is 0 Å². The molecule has 0 radical (unpaired) electrons. The molecule has 3 atom stereocenters. The lowest BCUT2D eigenvalue weighted by atomic mass is 9.88. The molecule has 4 nitrogen and oxygen atoms in total. The molecule has 26 heavy (non-hydrogen) atoms. The molecule has 1 N–H and O–H groups in total. The fourth-order valence-electron chi connectivity index (χ4n) is 4.28. The van der Waals surface area contributed by atoms with E-state index in [2.05, 4.69) is 13.8 Å². The maximum Gasteiger partial charge on any atom is 0.310 e. The second kappa shape index (κ2) is 8.28. The van der Waals surface area contributed by atoms with Crippen LogP contribution in [0.5, 0.6) is 0 Å². The number of carbonyl (C=O) groups excluding carboxylic acids is 1. The number of benzene rings is 1. The highest BCUT2D eigenvalue weighted by Crippen LogP contribution is 2.66. The third-order valence-corrected chi connectivity index (χ3v) is 6.22. The maximum absolute atomic E-state index is 12.8. The Bertz CT molecular complexity index is 607. The summed E-state index contributed by atoms with van der Waals surface area (Å²) >= 11 is 5.88. The van der Waals surface area contributed by atoms with Crippen LogP contribution >= 0.6 is 11.6 Å². The van der Waals surface area contributed by atoms with Crippen LogP contribution in [0.25, 0.3) is 0 Å². The third-order valence-electron chi connectivity index (χ3n) is 5.97. The van der Waals surface area contributed by atoms with E-state index >= 15 is 0 Å². The molecular weight excluding hydrogens is 352 g/mol. The van der Waals surface area contributed by atoms with Gasteiger partial charge in [0.1, 0.15) is 6.61 Å². The van der Waals surface area contributed by atoms with E-state index in [1.54, 1.807) is 12.1 Å². The number of rotatable bonds is 9. The fourth-order valence-corrected chi connectivity index (χ4v) is 4.40. The van der Waals surface area contributed by atoms with Crippen LogP contribution < -0.4 is 0 Å². The highest BCUT2D eigenvalue weighted by Gasteiger charge is 2.70. The van der Waals surface area contributed by atoms with Gasteiger partial charge in [-0.2, -0.15) is 0 Å². The van der Waals surface area contributed by atoms with Crippen LogP contribution in [0.1, 0.15) is 53.0 Å². The number of aliphatic hydroxyl groups is 1. The van der Waals surface area contributed by atoms with Gasteiger partial charge >= 0.3 is 5.97 Å². The van der Waals surface area contributed by atoms with Gasteiger partial charge in [0.15, 0.2) is 0 Å². The Balaban J connectivity index is 2.09. The summed E-state index contributed by atoms with van der Waals surface area (Å²) < 4.78 is 11.3. The lowest BCUT2D eigenvalue weighted by molar-refractivity contribution is -0.149. The lowest BCUT2D eigenvalue weighted by Gasteiger charge is -2.32. The van der Waals surface area contributed by atoms with Gasteiger partial charge in [-0.05, 0) is 56.7 Å². The van der Waals surface area contributed by atoms with Crippen LogP contribution in [0, 0.1) is 17.3 Å². The molecule has 146 valence electrons. The van der Waals surface area contributed by atoms with Crippen LogP contribution in [0.2, 0.25) is 5.02 Å². The topological polar surface area (TPSA) is 55.8 Å². The number of esters is 1. The van der Waals surface area contributed by atoms with Gasteiger partial charge in [0.25, 0.3) is 0 Å². The van der Waals surface area contributed by atoms with E-state index in [-0.39, 0.29) is 29.8 Å². The highest BCUT2D eigenvalue weighted by atomic mass is 35.5. The Hall–Kier alpha value is -1.10. The van der Waals surface area contributed by atoms with Crippen molar-refractivity contribution in [3.63, 3.8) is 0 Å². The molecule has 5 heteroatoms. The van der Waals surface area contributed by atoms with Crippen LogP contribution in [-0.2, 0) is 20.9 Å². The van der Waals surface area contributed by atoms with E-state index in [0.717, 1.165) is 18.4 Å². The SMILES string of the molecule is CCOC(C)(C)C(O)C1C(C(=O)OCc2ccc(Cl)cc2)C1(CC)CC. The van der Waals surface area contributed by atoms with Crippen molar-refractivity contribution in [3.05, 3.63) is 34.9 Å². The molecule has 0 amide bonds. The zero-order valence-electron chi connectivity index (χ0n) is 16.4. The number of ether oxygens (including phenoxy) is 2. The summed E-state index contributed by atoms with van der Waals surface area (Å²) in [6.07, 6.45) is 0.942. The summed E-state index contributed by atoms with van der Waals surface area (Å²) in [7, 11) is 0. The summed E-state index contributed by atoms with van der Waals surface area (Å²) in [4.78, 5) is 12.8. The molecule has 1 aromatic carbocycles. The van der Waals surface area contributed by atoms with Gasteiger partial charge in [0.2, 0.25) is 0 Å². The average molecular weight is 383 g/mol. The Morgan fingerprint density at radius 2 is 1.81 bits per heavy atom. The van der Waals surface area contributed by atoms with E-state index < -0.39 is 11.7 Å². The molecule has 0 aliphatic heterocycles. The second-order valence-corrected chi connectivity index (χ2v) is 8.10. The zero-order chi connectivity index (χ0) is 19.5. The van der Waals surface area contributed by atoms with Gasteiger partial charge in [-0.1, -0.05) is 37.6 Å². The predicted molar refractivity (Wildman–Crippen MR) is 103 cm³/mol. The van der Waals surface area contributed by atoms with Crippen LogP contribution in [0.3, 0.4) is 0 Å². The minimum atomic E-state index is -0.713. The molecule has 1 saturated carbocycles. The Morgan fingerprint density at radius 1 is 1.23 bits per heavy atom. The predicted octanol–water partition coefficient (Wildman–Crippen LogP) is 4.61. The quantitative estimate of drug-likeness (QED) is 0.633. The monoisotopic (exact) mass is 382 g/mol. The summed E-state index contributed by atoms with van der Waals surface area (Å²) in [5.74, 6) is -0.670. The fraction of sp³-hybridized carbons (Fsp3) is 0.667. The molecule has 1 aromatic rings. The molecule has 1 fully saturated rings. The summed E-state index contributed by atoms with van der Waals surface area (Å²) in [6, 6.07) is 7.25. The molecular formula is C21H31ClO4. The van der Waals surface area contributed by atoms with E-state index in [4.69, 9.17) is 21.1 Å². The number of hydrogen-bond acceptors (Lipinski definition) is 4. The van der Waals surface area contributed by atoms with Crippen molar-refractivity contribution in [1.82, 2.24) is 0 Å².